The van der Waals surface area contributed by atoms with E-state index in [9.17, 15) is 14.0 Å². The Morgan fingerprint density at radius 1 is 0.879 bits per heavy atom. The number of benzene rings is 3. The summed E-state index contributed by atoms with van der Waals surface area (Å²) < 4.78 is 19.9. The zero-order valence-corrected chi connectivity index (χ0v) is 18.6. The van der Waals surface area contributed by atoms with Crippen molar-refractivity contribution in [2.45, 2.75) is 20.0 Å². The molecule has 5 nitrogen and oxygen atoms in total. The first-order valence-electron chi connectivity index (χ1n) is 10.8. The van der Waals surface area contributed by atoms with Crippen LogP contribution in [0.3, 0.4) is 0 Å². The first kappa shape index (κ1) is 22.3. The molecule has 0 unspecified atom stereocenters. The lowest BCUT2D eigenvalue weighted by Gasteiger charge is -2.25. The molecule has 0 spiro atoms. The number of amides is 2. The summed E-state index contributed by atoms with van der Waals surface area (Å²) in [6.45, 7) is 2.76. The van der Waals surface area contributed by atoms with Crippen molar-refractivity contribution >= 4 is 17.4 Å². The number of likely N-dealkylation sites (N-methyl/N-ethyl adjacent to an activating group) is 1. The molecule has 6 heteroatoms. The van der Waals surface area contributed by atoms with Crippen LogP contribution in [-0.4, -0.2) is 35.3 Å². The van der Waals surface area contributed by atoms with Gasteiger partial charge in [0.05, 0.1) is 19.2 Å². The lowest BCUT2D eigenvalue weighted by atomic mass is 10.0. The van der Waals surface area contributed by atoms with Crippen molar-refractivity contribution in [2.24, 2.45) is 0 Å². The summed E-state index contributed by atoms with van der Waals surface area (Å²) in [5.41, 5.74) is 2.40. The number of nitrogens with zero attached hydrogens (tertiary/aromatic N) is 2. The van der Waals surface area contributed by atoms with E-state index in [4.69, 9.17) is 4.74 Å². The van der Waals surface area contributed by atoms with Crippen molar-refractivity contribution in [2.75, 3.05) is 13.7 Å². The predicted molar refractivity (Wildman–Crippen MR) is 124 cm³/mol. The minimum Gasteiger partial charge on any atom is -0.496 e. The quantitative estimate of drug-likeness (QED) is 0.475. The molecule has 4 rings (SSSR count). The highest BCUT2D eigenvalue weighted by Gasteiger charge is 2.42. The molecule has 0 saturated heterocycles. The molecule has 1 aliphatic rings. The number of hydrogen-bond acceptors (Lipinski definition) is 4. The molecule has 3 aromatic carbocycles. The third-order valence-electron chi connectivity index (χ3n) is 5.72. The Morgan fingerprint density at radius 3 is 2.24 bits per heavy atom. The number of carbonyl (C=O) groups is 2. The van der Waals surface area contributed by atoms with E-state index in [2.05, 4.69) is 0 Å². The van der Waals surface area contributed by atoms with E-state index in [0.29, 0.717) is 30.1 Å². The van der Waals surface area contributed by atoms with Gasteiger partial charge in [-0.05, 0) is 24.6 Å². The molecule has 0 saturated carbocycles. The van der Waals surface area contributed by atoms with Gasteiger partial charge in [-0.15, -0.1) is 0 Å². The Hall–Kier alpha value is -3.93. The van der Waals surface area contributed by atoms with Gasteiger partial charge < -0.3 is 9.64 Å². The second-order valence-electron chi connectivity index (χ2n) is 7.71. The van der Waals surface area contributed by atoms with Crippen LogP contribution in [0, 0.1) is 5.82 Å². The van der Waals surface area contributed by atoms with E-state index in [0.717, 1.165) is 10.5 Å². The molecule has 0 fully saturated rings. The number of hydrogen-bond donors (Lipinski definition) is 0. The van der Waals surface area contributed by atoms with E-state index in [1.165, 1.54) is 13.2 Å². The van der Waals surface area contributed by atoms with Gasteiger partial charge in [0.2, 0.25) is 0 Å². The SMILES string of the molecule is CCN(Cc1ccccc1)C1=C(c2ccccc2OC)C(=O)N(Cc2ccccc2F)C1=O. The second kappa shape index (κ2) is 9.69. The number of halogens is 1. The van der Waals surface area contributed by atoms with Gasteiger partial charge in [-0.2, -0.15) is 0 Å². The van der Waals surface area contributed by atoms with Crippen LogP contribution >= 0.6 is 0 Å². The van der Waals surface area contributed by atoms with E-state index in [1.807, 2.05) is 48.2 Å². The first-order valence-corrected chi connectivity index (χ1v) is 10.8. The maximum Gasteiger partial charge on any atom is 0.278 e. The fourth-order valence-corrected chi connectivity index (χ4v) is 4.04. The van der Waals surface area contributed by atoms with Gasteiger partial charge in [0.1, 0.15) is 17.3 Å². The number of rotatable bonds is 8. The Balaban J connectivity index is 1.81. The summed E-state index contributed by atoms with van der Waals surface area (Å²) in [5.74, 6) is -0.868. The minimum atomic E-state index is -0.464. The van der Waals surface area contributed by atoms with Gasteiger partial charge >= 0.3 is 0 Å². The largest absolute Gasteiger partial charge is 0.496 e. The number of ether oxygens (including phenoxy) is 1. The van der Waals surface area contributed by atoms with Crippen LogP contribution in [0.15, 0.2) is 84.6 Å². The third kappa shape index (κ3) is 4.37. The Morgan fingerprint density at radius 2 is 1.55 bits per heavy atom. The fraction of sp³-hybridized carbons (Fsp3) is 0.185. The molecule has 0 radical (unpaired) electrons. The highest BCUT2D eigenvalue weighted by molar-refractivity contribution is 6.35. The Kier molecular flexibility index (Phi) is 6.54. The molecule has 2 amide bonds. The molecule has 33 heavy (non-hydrogen) atoms. The third-order valence-corrected chi connectivity index (χ3v) is 5.72. The molecule has 1 aliphatic heterocycles. The van der Waals surface area contributed by atoms with E-state index in [1.54, 1.807) is 36.4 Å². The van der Waals surface area contributed by atoms with Crippen LogP contribution in [0.5, 0.6) is 5.75 Å². The van der Waals surface area contributed by atoms with Crippen LogP contribution in [-0.2, 0) is 22.7 Å². The summed E-state index contributed by atoms with van der Waals surface area (Å²) in [4.78, 5) is 30.3. The number of imide groups is 1. The van der Waals surface area contributed by atoms with Crippen LogP contribution in [0.1, 0.15) is 23.6 Å². The van der Waals surface area contributed by atoms with Crippen LogP contribution in [0.4, 0.5) is 4.39 Å². The summed E-state index contributed by atoms with van der Waals surface area (Å²) in [6.07, 6.45) is 0. The molecule has 168 valence electrons. The van der Waals surface area contributed by atoms with Gasteiger partial charge in [0.25, 0.3) is 11.8 Å². The molecule has 0 atom stereocenters. The molecule has 0 aromatic heterocycles. The smallest absolute Gasteiger partial charge is 0.278 e. The predicted octanol–water partition coefficient (Wildman–Crippen LogP) is 4.64. The molecule has 0 N–H and O–H groups in total. The molecule has 0 bridgehead atoms. The van der Waals surface area contributed by atoms with Gasteiger partial charge in [-0.3, -0.25) is 14.5 Å². The van der Waals surface area contributed by atoms with E-state index < -0.39 is 17.6 Å². The average molecular weight is 445 g/mol. The summed E-state index contributed by atoms with van der Waals surface area (Å²) in [5, 5.41) is 0. The van der Waals surface area contributed by atoms with Gasteiger partial charge in [-0.1, -0.05) is 66.7 Å². The second-order valence-corrected chi connectivity index (χ2v) is 7.71. The van der Waals surface area contributed by atoms with Crippen molar-refractivity contribution in [1.29, 1.82) is 0 Å². The average Bonchev–Trinajstić information content (AvgIpc) is 3.09. The molecular formula is C27H25FN2O3. The zero-order valence-electron chi connectivity index (χ0n) is 18.6. The van der Waals surface area contributed by atoms with Crippen molar-refractivity contribution in [3.8, 4) is 5.75 Å². The maximum absolute atomic E-state index is 14.4. The number of para-hydroxylation sites is 1. The molecular weight excluding hydrogens is 419 g/mol. The van der Waals surface area contributed by atoms with E-state index in [-0.39, 0.29) is 17.7 Å². The lowest BCUT2D eigenvalue weighted by molar-refractivity contribution is -0.138. The van der Waals surface area contributed by atoms with E-state index >= 15 is 0 Å². The van der Waals surface area contributed by atoms with Gasteiger partial charge in [0, 0.05) is 24.2 Å². The highest BCUT2D eigenvalue weighted by atomic mass is 19.1. The van der Waals surface area contributed by atoms with Crippen molar-refractivity contribution in [1.82, 2.24) is 9.80 Å². The Labute approximate surface area is 192 Å². The lowest BCUT2D eigenvalue weighted by Crippen LogP contribution is -2.35. The topological polar surface area (TPSA) is 49.9 Å². The molecule has 0 aliphatic carbocycles. The molecule has 3 aromatic rings. The minimum absolute atomic E-state index is 0.143. The normalized spacial score (nSPS) is 13.6. The Bertz CT molecular complexity index is 1210. The number of methoxy groups -OCH3 is 1. The summed E-state index contributed by atoms with van der Waals surface area (Å²) in [6, 6.07) is 23.1. The maximum atomic E-state index is 14.4. The summed E-state index contributed by atoms with van der Waals surface area (Å²) in [7, 11) is 1.53. The standard InChI is InChI=1S/C27H25FN2O3/c1-3-29(17-19-11-5-4-6-12-19)25-24(21-14-8-10-16-23(21)33-2)26(31)30(27(25)32)18-20-13-7-9-15-22(20)28/h4-16H,3,17-18H2,1-2H3. The van der Waals surface area contributed by atoms with Crippen LogP contribution < -0.4 is 4.74 Å². The zero-order chi connectivity index (χ0) is 23.4. The van der Waals surface area contributed by atoms with Gasteiger partial charge in [0.15, 0.2) is 0 Å². The molecule has 1 heterocycles. The van der Waals surface area contributed by atoms with Crippen molar-refractivity contribution in [3.63, 3.8) is 0 Å². The van der Waals surface area contributed by atoms with Crippen molar-refractivity contribution < 1.29 is 18.7 Å². The van der Waals surface area contributed by atoms with Gasteiger partial charge in [-0.25, -0.2) is 4.39 Å². The highest BCUT2D eigenvalue weighted by Crippen LogP contribution is 2.37. The fourth-order valence-electron chi connectivity index (χ4n) is 4.04. The monoisotopic (exact) mass is 444 g/mol. The van der Waals surface area contributed by atoms with Crippen LogP contribution in [0.25, 0.3) is 5.57 Å². The van der Waals surface area contributed by atoms with Crippen molar-refractivity contribution in [3.05, 3.63) is 107 Å². The summed E-state index contributed by atoms with van der Waals surface area (Å²) >= 11 is 0. The number of carbonyl (C=O) groups excluding carboxylic acids is 2. The first-order chi connectivity index (χ1) is 16.0. The van der Waals surface area contributed by atoms with Crippen LogP contribution in [0.2, 0.25) is 0 Å².